The van der Waals surface area contributed by atoms with Crippen molar-refractivity contribution in [3.8, 4) is 0 Å². The second-order valence-corrected chi connectivity index (χ2v) is 6.29. The van der Waals surface area contributed by atoms with E-state index in [9.17, 15) is 4.79 Å². The molecule has 0 radical (unpaired) electrons. The third kappa shape index (κ3) is 3.55. The fourth-order valence-electron chi connectivity index (χ4n) is 2.95. The molecule has 2 aromatic heterocycles. The highest BCUT2D eigenvalue weighted by atomic mass is 16.2. The SMILES string of the molecule is C=C(Cc1ccc(N)nc1)C(=O)N(C)Cc1cc2ccccc2n1C. The van der Waals surface area contributed by atoms with Crippen LogP contribution >= 0.6 is 0 Å². The smallest absolute Gasteiger partial charge is 0.249 e. The van der Waals surface area contributed by atoms with E-state index in [1.807, 2.05) is 25.2 Å². The van der Waals surface area contributed by atoms with Crippen molar-refractivity contribution in [2.24, 2.45) is 7.05 Å². The van der Waals surface area contributed by atoms with E-state index in [0.29, 0.717) is 24.4 Å². The Morgan fingerprint density at radius 2 is 2.04 bits per heavy atom. The predicted molar refractivity (Wildman–Crippen MR) is 101 cm³/mol. The zero-order chi connectivity index (χ0) is 18.0. The first-order chi connectivity index (χ1) is 12.0. The maximum atomic E-state index is 12.6. The minimum Gasteiger partial charge on any atom is -0.384 e. The predicted octanol–water partition coefficient (Wildman–Crippen LogP) is 2.91. The first-order valence-electron chi connectivity index (χ1n) is 8.12. The monoisotopic (exact) mass is 334 g/mol. The third-order valence-electron chi connectivity index (χ3n) is 4.36. The van der Waals surface area contributed by atoms with Crippen molar-refractivity contribution in [2.45, 2.75) is 13.0 Å². The lowest BCUT2D eigenvalue weighted by Crippen LogP contribution is -2.28. The molecule has 128 valence electrons. The Bertz CT molecular complexity index is 925. The minimum atomic E-state index is -0.0675. The number of anilines is 1. The normalized spacial score (nSPS) is 10.8. The number of likely N-dealkylation sites (N-methyl/N-ethyl adjacent to an activating group) is 1. The van der Waals surface area contributed by atoms with E-state index in [2.05, 4.69) is 34.3 Å². The standard InChI is InChI=1S/C20H22N4O/c1-14(10-15-8-9-19(21)22-12-15)20(25)23(2)13-17-11-16-6-4-5-7-18(16)24(17)3/h4-9,11-12H,1,10,13H2,2-3H3,(H2,21,22). The molecule has 5 nitrogen and oxygen atoms in total. The first-order valence-corrected chi connectivity index (χ1v) is 8.12. The average Bonchev–Trinajstić information content (AvgIpc) is 2.92. The molecule has 0 spiro atoms. The Kier molecular flexibility index (Phi) is 4.57. The van der Waals surface area contributed by atoms with Crippen molar-refractivity contribution in [3.05, 3.63) is 72.1 Å². The van der Waals surface area contributed by atoms with Gasteiger partial charge in [-0.05, 0) is 29.1 Å². The van der Waals surface area contributed by atoms with Crippen LogP contribution in [0.2, 0.25) is 0 Å². The van der Waals surface area contributed by atoms with Crippen LogP contribution in [0.15, 0.2) is 60.8 Å². The summed E-state index contributed by atoms with van der Waals surface area (Å²) in [7, 11) is 3.82. The Morgan fingerprint density at radius 3 is 2.72 bits per heavy atom. The van der Waals surface area contributed by atoms with Crippen LogP contribution in [0.1, 0.15) is 11.3 Å². The molecule has 0 aliphatic heterocycles. The van der Waals surface area contributed by atoms with Gasteiger partial charge in [0.25, 0.3) is 0 Å². The van der Waals surface area contributed by atoms with Crippen molar-refractivity contribution in [2.75, 3.05) is 12.8 Å². The van der Waals surface area contributed by atoms with Gasteiger partial charge in [0.05, 0.1) is 6.54 Å². The highest BCUT2D eigenvalue weighted by molar-refractivity contribution is 5.93. The number of hydrogen-bond donors (Lipinski definition) is 1. The summed E-state index contributed by atoms with van der Waals surface area (Å²) in [5.74, 6) is 0.399. The summed E-state index contributed by atoms with van der Waals surface area (Å²) in [5, 5.41) is 1.17. The number of fused-ring (bicyclic) bond motifs is 1. The van der Waals surface area contributed by atoms with Gasteiger partial charge < -0.3 is 15.2 Å². The minimum absolute atomic E-state index is 0.0675. The number of benzene rings is 1. The molecule has 0 fully saturated rings. The van der Waals surface area contributed by atoms with Crippen LogP contribution in [0, 0.1) is 0 Å². The van der Waals surface area contributed by atoms with E-state index in [-0.39, 0.29) is 5.91 Å². The molecule has 0 unspecified atom stereocenters. The zero-order valence-electron chi connectivity index (χ0n) is 14.6. The van der Waals surface area contributed by atoms with Crippen molar-refractivity contribution in [1.29, 1.82) is 0 Å². The van der Waals surface area contributed by atoms with E-state index >= 15 is 0 Å². The molecule has 3 rings (SSSR count). The van der Waals surface area contributed by atoms with Gasteiger partial charge in [-0.3, -0.25) is 4.79 Å². The number of aromatic nitrogens is 2. The number of amides is 1. The number of nitrogen functional groups attached to an aromatic ring is 1. The number of nitrogens with zero attached hydrogens (tertiary/aromatic N) is 3. The molecule has 1 aromatic carbocycles. The Balaban J connectivity index is 1.70. The number of nitrogens with two attached hydrogens (primary N) is 1. The molecule has 2 heterocycles. The van der Waals surface area contributed by atoms with Gasteiger partial charge in [-0.15, -0.1) is 0 Å². The lowest BCUT2D eigenvalue weighted by molar-refractivity contribution is -0.126. The van der Waals surface area contributed by atoms with Crippen LogP contribution in [0.25, 0.3) is 10.9 Å². The molecule has 5 heteroatoms. The number of carbonyl (C=O) groups is 1. The summed E-state index contributed by atoms with van der Waals surface area (Å²) in [6.45, 7) is 4.47. The van der Waals surface area contributed by atoms with Crippen molar-refractivity contribution < 1.29 is 4.79 Å². The van der Waals surface area contributed by atoms with Gasteiger partial charge in [-0.25, -0.2) is 4.98 Å². The molecular formula is C20H22N4O. The molecule has 25 heavy (non-hydrogen) atoms. The second-order valence-electron chi connectivity index (χ2n) is 6.29. The van der Waals surface area contributed by atoms with Gasteiger partial charge in [0, 0.05) is 43.5 Å². The fraction of sp³-hybridized carbons (Fsp3) is 0.200. The van der Waals surface area contributed by atoms with Gasteiger partial charge in [0.1, 0.15) is 5.82 Å². The number of pyridine rings is 1. The highest BCUT2D eigenvalue weighted by Crippen LogP contribution is 2.20. The summed E-state index contributed by atoms with van der Waals surface area (Å²) in [5.41, 5.74) is 9.28. The van der Waals surface area contributed by atoms with Gasteiger partial charge in [-0.1, -0.05) is 30.8 Å². The summed E-state index contributed by atoms with van der Waals surface area (Å²) in [6, 6.07) is 13.9. The van der Waals surface area contributed by atoms with Crippen LogP contribution in [-0.4, -0.2) is 27.4 Å². The van der Waals surface area contributed by atoms with Crippen LogP contribution in [0.5, 0.6) is 0 Å². The Labute approximate surface area is 147 Å². The maximum absolute atomic E-state index is 12.6. The molecule has 1 amide bonds. The number of hydrogen-bond acceptors (Lipinski definition) is 3. The van der Waals surface area contributed by atoms with Crippen LogP contribution in [0.4, 0.5) is 5.82 Å². The summed E-state index contributed by atoms with van der Waals surface area (Å²) in [6.07, 6.45) is 2.14. The van der Waals surface area contributed by atoms with Crippen molar-refractivity contribution in [1.82, 2.24) is 14.5 Å². The topological polar surface area (TPSA) is 64.2 Å². The number of para-hydroxylation sites is 1. The van der Waals surface area contributed by atoms with Crippen LogP contribution in [0.3, 0.4) is 0 Å². The van der Waals surface area contributed by atoms with Gasteiger partial charge >= 0.3 is 0 Å². The quantitative estimate of drug-likeness (QED) is 0.730. The van der Waals surface area contributed by atoms with E-state index in [1.54, 1.807) is 24.2 Å². The van der Waals surface area contributed by atoms with Gasteiger partial charge in [0.2, 0.25) is 5.91 Å². The number of rotatable bonds is 5. The maximum Gasteiger partial charge on any atom is 0.249 e. The Hall–Kier alpha value is -3.08. The molecular weight excluding hydrogens is 312 g/mol. The van der Waals surface area contributed by atoms with Gasteiger partial charge in [0.15, 0.2) is 0 Å². The number of aryl methyl sites for hydroxylation is 1. The van der Waals surface area contributed by atoms with E-state index in [1.165, 1.54) is 5.39 Å². The third-order valence-corrected chi connectivity index (χ3v) is 4.36. The van der Waals surface area contributed by atoms with Crippen LogP contribution < -0.4 is 5.73 Å². The molecule has 0 aliphatic carbocycles. The van der Waals surface area contributed by atoms with E-state index in [0.717, 1.165) is 16.8 Å². The second kappa shape index (κ2) is 6.81. The van der Waals surface area contributed by atoms with Gasteiger partial charge in [-0.2, -0.15) is 0 Å². The number of carbonyl (C=O) groups excluding carboxylic acids is 1. The molecule has 0 aliphatic rings. The van der Waals surface area contributed by atoms with E-state index in [4.69, 9.17) is 5.73 Å². The lowest BCUT2D eigenvalue weighted by Gasteiger charge is -2.19. The molecule has 0 saturated carbocycles. The average molecular weight is 334 g/mol. The molecule has 0 saturated heterocycles. The Morgan fingerprint density at radius 1 is 1.28 bits per heavy atom. The van der Waals surface area contributed by atoms with Crippen molar-refractivity contribution in [3.63, 3.8) is 0 Å². The largest absolute Gasteiger partial charge is 0.384 e. The fourth-order valence-corrected chi connectivity index (χ4v) is 2.95. The first kappa shape index (κ1) is 16.8. The zero-order valence-corrected chi connectivity index (χ0v) is 14.6. The summed E-state index contributed by atoms with van der Waals surface area (Å²) < 4.78 is 2.12. The molecule has 0 bridgehead atoms. The van der Waals surface area contributed by atoms with E-state index < -0.39 is 0 Å². The summed E-state index contributed by atoms with van der Waals surface area (Å²) in [4.78, 5) is 18.4. The van der Waals surface area contributed by atoms with Crippen LogP contribution in [-0.2, 0) is 24.8 Å². The molecule has 2 N–H and O–H groups in total. The lowest BCUT2D eigenvalue weighted by atomic mass is 10.1. The molecule has 0 atom stereocenters. The van der Waals surface area contributed by atoms with Crippen molar-refractivity contribution >= 4 is 22.6 Å². The summed E-state index contributed by atoms with van der Waals surface area (Å²) >= 11 is 0. The molecule has 3 aromatic rings. The highest BCUT2D eigenvalue weighted by Gasteiger charge is 2.16.